The van der Waals surface area contributed by atoms with Crippen LogP contribution in [0.5, 0.6) is 0 Å². The molecule has 1 aliphatic carbocycles. The highest BCUT2D eigenvalue weighted by molar-refractivity contribution is 5.74. The first kappa shape index (κ1) is 13.8. The van der Waals surface area contributed by atoms with Crippen molar-refractivity contribution in [2.45, 2.75) is 38.1 Å². The summed E-state index contributed by atoms with van der Waals surface area (Å²) in [5, 5.41) is 5.57. The Bertz CT molecular complexity index is 445. The fraction of sp³-hybridized carbons (Fsp3) is 0.500. The molecule has 2 rings (SSSR count). The number of hydrogen-bond acceptors (Lipinski definition) is 1. The average Bonchev–Trinajstić information content (AvgIpc) is 2.84. The van der Waals surface area contributed by atoms with Gasteiger partial charge in [-0.2, -0.15) is 0 Å². The molecule has 1 fully saturated rings. The van der Waals surface area contributed by atoms with E-state index >= 15 is 0 Å². The van der Waals surface area contributed by atoms with Gasteiger partial charge >= 0.3 is 6.03 Å². The molecule has 1 aliphatic rings. The second-order valence-corrected chi connectivity index (χ2v) is 4.87. The molecule has 0 heterocycles. The van der Waals surface area contributed by atoms with E-state index in [4.69, 9.17) is 0 Å². The van der Waals surface area contributed by atoms with Crippen LogP contribution in [0.3, 0.4) is 0 Å². The molecule has 1 aromatic carbocycles. The van der Waals surface area contributed by atoms with Crippen molar-refractivity contribution in [2.75, 3.05) is 6.54 Å². The highest BCUT2D eigenvalue weighted by atomic mass is 19.1. The summed E-state index contributed by atoms with van der Waals surface area (Å²) in [6.07, 6.45) is 4.72. The van der Waals surface area contributed by atoms with Gasteiger partial charge in [0, 0.05) is 18.7 Å². The van der Waals surface area contributed by atoms with Crippen LogP contribution in [0.1, 0.15) is 31.2 Å². The molecule has 0 aliphatic heterocycles. The van der Waals surface area contributed by atoms with Crippen LogP contribution >= 0.6 is 0 Å². The van der Waals surface area contributed by atoms with E-state index < -0.39 is 11.6 Å². The first-order valence-electron chi connectivity index (χ1n) is 6.63. The quantitative estimate of drug-likeness (QED) is 0.866. The lowest BCUT2D eigenvalue weighted by molar-refractivity contribution is 0.237. The number of benzene rings is 1. The maximum atomic E-state index is 13.3. The maximum absolute atomic E-state index is 13.3. The predicted molar refractivity (Wildman–Crippen MR) is 68.9 cm³/mol. The highest BCUT2D eigenvalue weighted by Crippen LogP contribution is 2.17. The average molecular weight is 268 g/mol. The smallest absolute Gasteiger partial charge is 0.315 e. The molecule has 0 atom stereocenters. The lowest BCUT2D eigenvalue weighted by Gasteiger charge is -2.13. The summed E-state index contributed by atoms with van der Waals surface area (Å²) in [7, 11) is 0. The Morgan fingerprint density at radius 2 is 2.00 bits per heavy atom. The number of amides is 2. The van der Waals surface area contributed by atoms with Gasteiger partial charge in [-0.15, -0.1) is 0 Å². The van der Waals surface area contributed by atoms with Gasteiger partial charge in [-0.25, -0.2) is 13.6 Å². The SMILES string of the molecule is O=C(NCCc1ccc(F)cc1F)NC1CCCC1. The van der Waals surface area contributed by atoms with Crippen LogP contribution < -0.4 is 10.6 Å². The molecule has 0 aromatic heterocycles. The summed E-state index contributed by atoms with van der Waals surface area (Å²) in [5.74, 6) is -1.16. The third-order valence-electron chi connectivity index (χ3n) is 3.39. The van der Waals surface area contributed by atoms with Crippen LogP contribution in [0.2, 0.25) is 0 Å². The first-order valence-corrected chi connectivity index (χ1v) is 6.63. The number of carbonyl (C=O) groups is 1. The van der Waals surface area contributed by atoms with Crippen LogP contribution in [-0.4, -0.2) is 18.6 Å². The summed E-state index contributed by atoms with van der Waals surface area (Å²) >= 11 is 0. The van der Waals surface area contributed by atoms with E-state index in [1.165, 1.54) is 12.1 Å². The lowest BCUT2D eigenvalue weighted by atomic mass is 10.1. The summed E-state index contributed by atoms with van der Waals surface area (Å²) in [6, 6.07) is 3.53. The minimum Gasteiger partial charge on any atom is -0.338 e. The number of urea groups is 1. The van der Waals surface area contributed by atoms with E-state index in [0.717, 1.165) is 31.7 Å². The molecule has 1 aromatic rings. The molecular weight excluding hydrogens is 250 g/mol. The lowest BCUT2D eigenvalue weighted by Crippen LogP contribution is -2.41. The maximum Gasteiger partial charge on any atom is 0.315 e. The molecule has 5 heteroatoms. The van der Waals surface area contributed by atoms with Crippen molar-refractivity contribution in [3.8, 4) is 0 Å². The standard InChI is InChI=1S/C14H18F2N2O/c15-11-6-5-10(13(16)9-11)7-8-17-14(19)18-12-3-1-2-4-12/h5-6,9,12H,1-4,7-8H2,(H2,17,18,19). The molecule has 104 valence electrons. The van der Waals surface area contributed by atoms with Crippen molar-refractivity contribution in [1.29, 1.82) is 0 Å². The van der Waals surface area contributed by atoms with Crippen LogP contribution in [0.25, 0.3) is 0 Å². The van der Waals surface area contributed by atoms with Gasteiger partial charge in [-0.1, -0.05) is 18.9 Å². The van der Waals surface area contributed by atoms with Gasteiger partial charge in [0.05, 0.1) is 0 Å². The summed E-state index contributed by atoms with van der Waals surface area (Å²) in [5.41, 5.74) is 0.405. The van der Waals surface area contributed by atoms with Gasteiger partial charge in [0.1, 0.15) is 11.6 Å². The first-order chi connectivity index (χ1) is 9.15. The second-order valence-electron chi connectivity index (χ2n) is 4.87. The third-order valence-corrected chi connectivity index (χ3v) is 3.39. The van der Waals surface area contributed by atoms with Crippen molar-refractivity contribution < 1.29 is 13.6 Å². The summed E-state index contributed by atoms with van der Waals surface area (Å²) in [6.45, 7) is 0.334. The van der Waals surface area contributed by atoms with E-state index in [1.54, 1.807) is 0 Å². The van der Waals surface area contributed by atoms with E-state index in [1.807, 2.05) is 0 Å². The number of carbonyl (C=O) groups excluding carboxylic acids is 1. The van der Waals surface area contributed by atoms with Crippen LogP contribution in [-0.2, 0) is 6.42 Å². The van der Waals surface area contributed by atoms with Gasteiger partial charge in [0.25, 0.3) is 0 Å². The second kappa shape index (κ2) is 6.50. The Hall–Kier alpha value is -1.65. The van der Waals surface area contributed by atoms with E-state index in [2.05, 4.69) is 10.6 Å². The van der Waals surface area contributed by atoms with Crippen LogP contribution in [0, 0.1) is 11.6 Å². The van der Waals surface area contributed by atoms with Crippen LogP contribution in [0.15, 0.2) is 18.2 Å². The van der Waals surface area contributed by atoms with Gasteiger partial charge < -0.3 is 10.6 Å². The fourth-order valence-corrected chi connectivity index (χ4v) is 2.34. The topological polar surface area (TPSA) is 41.1 Å². The Morgan fingerprint density at radius 1 is 1.26 bits per heavy atom. The fourth-order valence-electron chi connectivity index (χ4n) is 2.34. The normalized spacial score (nSPS) is 15.5. The Morgan fingerprint density at radius 3 is 2.68 bits per heavy atom. The Labute approximate surface area is 111 Å². The monoisotopic (exact) mass is 268 g/mol. The largest absolute Gasteiger partial charge is 0.338 e. The van der Waals surface area contributed by atoms with Gasteiger partial charge in [0.15, 0.2) is 0 Å². The number of rotatable bonds is 4. The molecule has 2 N–H and O–H groups in total. The molecule has 3 nitrogen and oxygen atoms in total. The molecule has 0 saturated heterocycles. The summed E-state index contributed by atoms with van der Waals surface area (Å²) in [4.78, 5) is 11.6. The Kier molecular flexibility index (Phi) is 4.71. The van der Waals surface area contributed by atoms with Gasteiger partial charge in [-0.3, -0.25) is 0 Å². The molecule has 0 bridgehead atoms. The van der Waals surface area contributed by atoms with Crippen molar-refractivity contribution in [3.63, 3.8) is 0 Å². The number of hydrogen-bond donors (Lipinski definition) is 2. The molecule has 0 radical (unpaired) electrons. The highest BCUT2D eigenvalue weighted by Gasteiger charge is 2.16. The van der Waals surface area contributed by atoms with E-state index in [9.17, 15) is 13.6 Å². The van der Waals surface area contributed by atoms with Crippen molar-refractivity contribution >= 4 is 6.03 Å². The zero-order chi connectivity index (χ0) is 13.7. The zero-order valence-corrected chi connectivity index (χ0v) is 10.7. The third kappa shape index (κ3) is 4.19. The van der Waals surface area contributed by atoms with E-state index in [-0.39, 0.29) is 12.1 Å². The molecule has 2 amide bonds. The molecule has 0 spiro atoms. The van der Waals surface area contributed by atoms with Crippen molar-refractivity contribution in [2.24, 2.45) is 0 Å². The van der Waals surface area contributed by atoms with Gasteiger partial charge in [-0.05, 0) is 30.9 Å². The molecule has 19 heavy (non-hydrogen) atoms. The number of halogens is 2. The van der Waals surface area contributed by atoms with E-state index in [0.29, 0.717) is 18.5 Å². The summed E-state index contributed by atoms with van der Waals surface area (Å²) < 4.78 is 26.0. The molecule has 0 unspecified atom stereocenters. The molecular formula is C14H18F2N2O. The zero-order valence-electron chi connectivity index (χ0n) is 10.7. The minimum atomic E-state index is -0.590. The van der Waals surface area contributed by atoms with Crippen molar-refractivity contribution in [1.82, 2.24) is 10.6 Å². The van der Waals surface area contributed by atoms with Crippen LogP contribution in [0.4, 0.5) is 13.6 Å². The molecule has 1 saturated carbocycles. The Balaban J connectivity index is 1.72. The predicted octanol–water partition coefficient (Wildman–Crippen LogP) is 2.75. The minimum absolute atomic E-state index is 0.214. The van der Waals surface area contributed by atoms with Crippen molar-refractivity contribution in [3.05, 3.63) is 35.4 Å². The van der Waals surface area contributed by atoms with Gasteiger partial charge in [0.2, 0.25) is 0 Å². The number of nitrogens with one attached hydrogen (secondary N) is 2.